The molecule has 13 heteroatoms. The Hall–Kier alpha value is -4.78. The largest absolute Gasteiger partial charge is 0.493 e. The number of nitrogens with one attached hydrogen (secondary N) is 3. The van der Waals surface area contributed by atoms with Crippen LogP contribution in [0.4, 0.5) is 5.69 Å². The predicted octanol–water partition coefficient (Wildman–Crippen LogP) is 2.83. The van der Waals surface area contributed by atoms with Crippen LogP contribution in [0.5, 0.6) is 17.2 Å². The average Bonchev–Trinajstić information content (AvgIpc) is 3.53. The monoisotopic (exact) mass is 524 g/mol. The summed E-state index contributed by atoms with van der Waals surface area (Å²) in [6.07, 6.45) is 0. The Morgan fingerprint density at radius 3 is 2.32 bits per heavy atom. The van der Waals surface area contributed by atoms with Gasteiger partial charge in [0.2, 0.25) is 5.75 Å². The van der Waals surface area contributed by atoms with Crippen molar-refractivity contribution in [2.75, 3.05) is 26.6 Å². The number of aromatic nitrogens is 3. The first-order valence-corrected chi connectivity index (χ1v) is 11.7. The van der Waals surface area contributed by atoms with Gasteiger partial charge in [-0.3, -0.25) is 10.4 Å². The summed E-state index contributed by atoms with van der Waals surface area (Å²) in [7, 11) is 4.47. The number of thiophene rings is 1. The molecule has 0 spiro atoms. The number of ether oxygens (including phenoxy) is 3. The van der Waals surface area contributed by atoms with E-state index >= 15 is 0 Å². The fraction of sp³-hybridized carbons (Fsp3) is 0.167. The van der Waals surface area contributed by atoms with Crippen LogP contribution in [0.25, 0.3) is 5.69 Å². The lowest BCUT2D eigenvalue weighted by Gasteiger charge is -2.21. The molecule has 0 aliphatic heterocycles. The summed E-state index contributed by atoms with van der Waals surface area (Å²) in [6, 6.07) is 11.0. The number of nitrogen functional groups attached to an aromatic ring is 1. The van der Waals surface area contributed by atoms with Crippen molar-refractivity contribution in [3.8, 4) is 22.9 Å². The highest BCUT2D eigenvalue weighted by molar-refractivity contribution is 7.12. The number of anilines is 1. The number of carbonyl (C=O) groups is 1. The fourth-order valence-corrected chi connectivity index (χ4v) is 4.46. The number of rotatable bonds is 10. The van der Waals surface area contributed by atoms with Gasteiger partial charge in [0.1, 0.15) is 16.8 Å². The Balaban J connectivity index is 1.86. The first kappa shape index (κ1) is 25.3. The van der Waals surface area contributed by atoms with Crippen LogP contribution in [0.15, 0.2) is 52.6 Å². The van der Waals surface area contributed by atoms with E-state index in [1.807, 2.05) is 0 Å². The van der Waals surface area contributed by atoms with Crippen LogP contribution in [-0.4, -0.2) is 53.0 Å². The van der Waals surface area contributed by atoms with Crippen molar-refractivity contribution < 1.29 is 24.1 Å². The van der Waals surface area contributed by atoms with Crippen molar-refractivity contribution in [2.24, 2.45) is 5.73 Å². The molecule has 0 saturated heterocycles. The molecule has 0 radical (unpaired) electrons. The number of benzene rings is 2. The average molecular weight is 525 g/mol. The summed E-state index contributed by atoms with van der Waals surface area (Å²) < 4.78 is 17.4. The van der Waals surface area contributed by atoms with Gasteiger partial charge in [0.25, 0.3) is 0 Å². The summed E-state index contributed by atoms with van der Waals surface area (Å²) in [5.41, 5.74) is 6.90. The highest BCUT2D eigenvalue weighted by Gasteiger charge is 2.25. The maximum atomic E-state index is 12.9. The lowest BCUT2D eigenvalue weighted by atomic mass is 10.0. The van der Waals surface area contributed by atoms with Crippen LogP contribution >= 0.6 is 11.3 Å². The molecule has 12 nitrogen and oxygen atoms in total. The normalized spacial score (nSPS) is 11.5. The minimum absolute atomic E-state index is 0.0164. The van der Waals surface area contributed by atoms with Crippen molar-refractivity contribution in [3.05, 3.63) is 80.2 Å². The number of methoxy groups -OCH3 is 3. The summed E-state index contributed by atoms with van der Waals surface area (Å²) in [5.74, 6) is 0.151. The molecule has 1 atom stereocenters. The van der Waals surface area contributed by atoms with E-state index in [2.05, 4.69) is 15.4 Å². The van der Waals surface area contributed by atoms with Crippen LogP contribution < -0.4 is 31.0 Å². The second-order valence-electron chi connectivity index (χ2n) is 7.69. The molecule has 0 fully saturated rings. The number of carboxylic acid groups (broad SMARTS) is 1. The van der Waals surface area contributed by atoms with Crippen molar-refractivity contribution in [1.29, 1.82) is 5.41 Å². The topological polar surface area (TPSA) is 178 Å². The summed E-state index contributed by atoms with van der Waals surface area (Å²) >= 11 is 0.992. The number of carboxylic acids is 1. The Morgan fingerprint density at radius 2 is 1.78 bits per heavy atom. The summed E-state index contributed by atoms with van der Waals surface area (Å²) in [4.78, 5) is 27.2. The van der Waals surface area contributed by atoms with Crippen LogP contribution in [0, 0.1) is 5.41 Å². The predicted molar refractivity (Wildman–Crippen MR) is 138 cm³/mol. The van der Waals surface area contributed by atoms with E-state index in [1.165, 1.54) is 27.4 Å². The lowest BCUT2D eigenvalue weighted by molar-refractivity contribution is 0.0702. The van der Waals surface area contributed by atoms with E-state index in [0.717, 1.165) is 16.0 Å². The highest BCUT2D eigenvalue weighted by Crippen LogP contribution is 2.41. The number of hydrogen-bond acceptors (Lipinski definition) is 9. The Morgan fingerprint density at radius 1 is 1.14 bits per heavy atom. The molecule has 0 aliphatic carbocycles. The number of aromatic carboxylic acids is 1. The highest BCUT2D eigenvalue weighted by atomic mass is 32.1. The molecule has 0 amide bonds. The molecule has 0 aliphatic rings. The molecule has 4 aromatic rings. The Kier molecular flexibility index (Phi) is 7.15. The molecule has 6 N–H and O–H groups in total. The lowest BCUT2D eigenvalue weighted by Crippen LogP contribution is -2.17. The zero-order valence-corrected chi connectivity index (χ0v) is 20.9. The van der Waals surface area contributed by atoms with Crippen molar-refractivity contribution in [1.82, 2.24) is 14.8 Å². The summed E-state index contributed by atoms with van der Waals surface area (Å²) in [5, 5.41) is 26.4. The van der Waals surface area contributed by atoms with E-state index < -0.39 is 17.7 Å². The molecule has 37 heavy (non-hydrogen) atoms. The molecular formula is C24H24N6O6S. The Labute approximate surface area is 214 Å². The van der Waals surface area contributed by atoms with E-state index in [4.69, 9.17) is 25.4 Å². The van der Waals surface area contributed by atoms with Crippen LogP contribution in [-0.2, 0) is 0 Å². The second kappa shape index (κ2) is 10.5. The third kappa shape index (κ3) is 4.97. The maximum absolute atomic E-state index is 12.9. The van der Waals surface area contributed by atoms with Crippen molar-refractivity contribution in [3.63, 3.8) is 0 Å². The number of nitrogens with zero attached hydrogens (tertiary/aromatic N) is 2. The molecule has 0 saturated carbocycles. The molecule has 1 unspecified atom stereocenters. The molecule has 2 heterocycles. The van der Waals surface area contributed by atoms with Gasteiger partial charge in [0, 0.05) is 11.3 Å². The van der Waals surface area contributed by atoms with E-state index in [1.54, 1.807) is 41.8 Å². The van der Waals surface area contributed by atoms with Gasteiger partial charge >= 0.3 is 11.7 Å². The zero-order chi connectivity index (χ0) is 26.7. The molecule has 2 aromatic carbocycles. The van der Waals surface area contributed by atoms with Gasteiger partial charge in [-0.15, -0.1) is 16.4 Å². The van der Waals surface area contributed by atoms with Crippen molar-refractivity contribution >= 4 is 28.8 Å². The standard InChI is InChI=1S/C24H24N6O6S/c1-34-16-10-13(11-17(35-2)19(16)36-3)18(27-14-6-4-12(5-7-14)21(25)26)22-28-24(33)30(29-22)15-8-9-37-20(15)23(31)32/h4-11,18,27H,1-3H3,(H3,25,26)(H,31,32)(H,28,29,33). The van der Waals surface area contributed by atoms with Gasteiger partial charge in [-0.25, -0.2) is 9.59 Å². The number of amidine groups is 1. The first-order valence-electron chi connectivity index (χ1n) is 10.8. The molecule has 192 valence electrons. The van der Waals surface area contributed by atoms with E-state index in [0.29, 0.717) is 34.1 Å². The van der Waals surface area contributed by atoms with Gasteiger partial charge < -0.3 is 30.4 Å². The molecular weight excluding hydrogens is 500 g/mol. The first-order chi connectivity index (χ1) is 17.8. The number of aromatic amines is 1. The van der Waals surface area contributed by atoms with Gasteiger partial charge in [-0.1, -0.05) is 0 Å². The smallest absolute Gasteiger partial charge is 0.348 e. The van der Waals surface area contributed by atoms with Crippen molar-refractivity contribution in [2.45, 2.75) is 6.04 Å². The number of hydrogen-bond donors (Lipinski definition) is 5. The number of nitrogens with two attached hydrogens (primary N) is 1. The van der Waals surface area contributed by atoms with Crippen LogP contribution in [0.2, 0.25) is 0 Å². The number of H-pyrrole nitrogens is 1. The third-order valence-electron chi connectivity index (χ3n) is 5.50. The molecule has 4 rings (SSSR count). The third-order valence-corrected chi connectivity index (χ3v) is 6.39. The minimum atomic E-state index is -1.16. The van der Waals surface area contributed by atoms with Gasteiger partial charge in [0.15, 0.2) is 17.3 Å². The maximum Gasteiger partial charge on any atom is 0.348 e. The summed E-state index contributed by atoms with van der Waals surface area (Å²) in [6.45, 7) is 0. The van der Waals surface area contributed by atoms with E-state index in [9.17, 15) is 14.7 Å². The van der Waals surface area contributed by atoms with E-state index in [-0.39, 0.29) is 22.2 Å². The van der Waals surface area contributed by atoms with Gasteiger partial charge in [-0.05, 0) is 53.4 Å². The molecule has 2 aromatic heterocycles. The minimum Gasteiger partial charge on any atom is -0.493 e. The fourth-order valence-electron chi connectivity index (χ4n) is 3.75. The van der Waals surface area contributed by atoms with Crippen LogP contribution in [0.1, 0.15) is 32.7 Å². The second-order valence-corrected chi connectivity index (χ2v) is 8.61. The molecule has 0 bridgehead atoms. The van der Waals surface area contributed by atoms with Crippen LogP contribution in [0.3, 0.4) is 0 Å². The van der Waals surface area contributed by atoms with Gasteiger partial charge in [0.05, 0.1) is 27.0 Å². The quantitative estimate of drug-likeness (QED) is 0.154. The zero-order valence-electron chi connectivity index (χ0n) is 20.1. The Bertz CT molecular complexity index is 1480. The SMILES string of the molecule is COc1cc(C(Nc2ccc(C(=N)N)cc2)c2nn(-c3ccsc3C(=O)O)c(=O)[nH]2)cc(OC)c1OC. The van der Waals surface area contributed by atoms with Gasteiger partial charge in [-0.2, -0.15) is 4.68 Å².